The van der Waals surface area contributed by atoms with E-state index < -0.39 is 10.0 Å². The molecule has 0 heterocycles. The van der Waals surface area contributed by atoms with Crippen LogP contribution in [-0.4, -0.2) is 14.5 Å². The molecule has 4 heteroatoms. The van der Waals surface area contributed by atoms with Gasteiger partial charge in [0, 0.05) is 6.04 Å². The van der Waals surface area contributed by atoms with E-state index in [0.717, 1.165) is 5.56 Å². The molecule has 2 aromatic rings. The third-order valence-corrected chi connectivity index (χ3v) is 4.35. The molecule has 0 aliphatic carbocycles. The lowest BCUT2D eigenvalue weighted by Crippen LogP contribution is -2.31. The lowest BCUT2D eigenvalue weighted by Gasteiger charge is -2.10. The maximum absolute atomic E-state index is 12.1. The highest BCUT2D eigenvalue weighted by Crippen LogP contribution is 2.09. The third-order valence-electron chi connectivity index (χ3n) is 2.77. The normalized spacial score (nSPS) is 13.4. The lowest BCUT2D eigenvalue weighted by atomic mass is 10.2. The van der Waals surface area contributed by atoms with Crippen LogP contribution in [0.4, 0.5) is 0 Å². The second-order valence-electron chi connectivity index (χ2n) is 4.49. The Morgan fingerprint density at radius 1 is 0.950 bits per heavy atom. The molecule has 1 unspecified atom stereocenters. The summed E-state index contributed by atoms with van der Waals surface area (Å²) in [6, 6.07) is 17.8. The lowest BCUT2D eigenvalue weighted by molar-refractivity contribution is 0.576. The van der Waals surface area contributed by atoms with Crippen LogP contribution < -0.4 is 4.72 Å². The summed E-state index contributed by atoms with van der Waals surface area (Å²) in [6.45, 7) is 1.81. The molecule has 0 fully saturated rings. The van der Waals surface area contributed by atoms with Gasteiger partial charge in [-0.05, 0) is 24.6 Å². The number of hydrogen-bond donors (Lipinski definition) is 1. The van der Waals surface area contributed by atoms with E-state index in [-0.39, 0.29) is 10.9 Å². The van der Waals surface area contributed by atoms with Crippen molar-refractivity contribution in [2.45, 2.75) is 17.9 Å². The van der Waals surface area contributed by atoms with Crippen molar-refractivity contribution in [3.8, 4) is 0 Å². The second kappa shape index (κ2) is 6.50. The number of nitrogens with one attached hydrogen (secondary N) is 1. The third kappa shape index (κ3) is 4.05. The van der Waals surface area contributed by atoms with E-state index in [0.29, 0.717) is 0 Å². The fourth-order valence-electron chi connectivity index (χ4n) is 1.77. The summed E-state index contributed by atoms with van der Waals surface area (Å²) in [5.41, 5.74) is 1.04. The van der Waals surface area contributed by atoms with E-state index in [1.807, 2.05) is 42.5 Å². The molecule has 0 amide bonds. The highest BCUT2D eigenvalue weighted by molar-refractivity contribution is 7.89. The highest BCUT2D eigenvalue weighted by atomic mass is 32.2. The van der Waals surface area contributed by atoms with Gasteiger partial charge in [-0.3, -0.25) is 0 Å². The van der Waals surface area contributed by atoms with E-state index in [9.17, 15) is 8.42 Å². The molecule has 0 spiro atoms. The Labute approximate surface area is 120 Å². The molecule has 0 saturated carbocycles. The molecule has 1 atom stereocenters. The number of rotatable bonds is 5. The molecular weight excluding hydrogens is 270 g/mol. The molecule has 0 bridgehead atoms. The van der Waals surface area contributed by atoms with Crippen LogP contribution in [0.15, 0.2) is 71.6 Å². The molecule has 2 aromatic carbocycles. The predicted octanol–water partition coefficient (Wildman–Crippen LogP) is 3.07. The van der Waals surface area contributed by atoms with Gasteiger partial charge in [-0.1, -0.05) is 60.7 Å². The standard InChI is InChI=1S/C16H17NO2S/c1-14(12-13-15-8-4-2-5-9-15)17-20(18,19)16-10-6-3-7-11-16/h2-14,17H,1H3/b13-12+. The van der Waals surface area contributed by atoms with Gasteiger partial charge in [0.1, 0.15) is 0 Å². The van der Waals surface area contributed by atoms with E-state index in [2.05, 4.69) is 4.72 Å². The molecule has 0 aromatic heterocycles. The largest absolute Gasteiger partial charge is 0.241 e. The summed E-state index contributed by atoms with van der Waals surface area (Å²) < 4.78 is 26.8. The van der Waals surface area contributed by atoms with Crippen molar-refractivity contribution in [3.63, 3.8) is 0 Å². The van der Waals surface area contributed by atoms with Crippen LogP contribution in [0.25, 0.3) is 6.08 Å². The van der Waals surface area contributed by atoms with Crippen LogP contribution in [0.5, 0.6) is 0 Å². The van der Waals surface area contributed by atoms with Crippen molar-refractivity contribution < 1.29 is 8.42 Å². The monoisotopic (exact) mass is 287 g/mol. The van der Waals surface area contributed by atoms with Crippen molar-refractivity contribution >= 4 is 16.1 Å². The number of hydrogen-bond acceptors (Lipinski definition) is 2. The quantitative estimate of drug-likeness (QED) is 0.918. The first-order chi connectivity index (χ1) is 9.58. The maximum Gasteiger partial charge on any atom is 0.241 e. The molecule has 0 aliphatic rings. The van der Waals surface area contributed by atoms with Gasteiger partial charge in [0.15, 0.2) is 0 Å². The van der Waals surface area contributed by atoms with Crippen molar-refractivity contribution in [2.24, 2.45) is 0 Å². The van der Waals surface area contributed by atoms with Crippen molar-refractivity contribution in [1.29, 1.82) is 0 Å². The molecule has 2 rings (SSSR count). The molecule has 0 saturated heterocycles. The Bertz CT molecular complexity index is 664. The Kier molecular flexibility index (Phi) is 4.71. The average molecular weight is 287 g/mol. The SMILES string of the molecule is CC(/C=C/c1ccccc1)NS(=O)(=O)c1ccccc1. The Morgan fingerprint density at radius 2 is 1.50 bits per heavy atom. The first-order valence-electron chi connectivity index (χ1n) is 6.38. The second-order valence-corrected chi connectivity index (χ2v) is 6.21. The van der Waals surface area contributed by atoms with Crippen LogP contribution in [0.1, 0.15) is 12.5 Å². The van der Waals surface area contributed by atoms with E-state index in [1.54, 1.807) is 37.3 Å². The van der Waals surface area contributed by atoms with Gasteiger partial charge in [-0.2, -0.15) is 0 Å². The topological polar surface area (TPSA) is 46.2 Å². The van der Waals surface area contributed by atoms with Crippen molar-refractivity contribution in [1.82, 2.24) is 4.72 Å². The number of benzene rings is 2. The fourth-order valence-corrected chi connectivity index (χ4v) is 2.99. The zero-order valence-electron chi connectivity index (χ0n) is 11.2. The summed E-state index contributed by atoms with van der Waals surface area (Å²) in [7, 11) is -3.47. The highest BCUT2D eigenvalue weighted by Gasteiger charge is 2.14. The molecule has 104 valence electrons. The van der Waals surface area contributed by atoms with Crippen molar-refractivity contribution in [2.75, 3.05) is 0 Å². The maximum atomic E-state index is 12.1. The smallest absolute Gasteiger partial charge is 0.207 e. The van der Waals surface area contributed by atoms with Gasteiger partial charge in [0.05, 0.1) is 4.90 Å². The van der Waals surface area contributed by atoms with Crippen LogP contribution in [0, 0.1) is 0 Å². The summed E-state index contributed by atoms with van der Waals surface area (Å²) in [4.78, 5) is 0.278. The van der Waals surface area contributed by atoms with Gasteiger partial charge >= 0.3 is 0 Å². The summed E-state index contributed by atoms with van der Waals surface area (Å²) in [6.07, 6.45) is 3.73. The van der Waals surface area contributed by atoms with Crippen LogP contribution in [0.2, 0.25) is 0 Å². The van der Waals surface area contributed by atoms with Gasteiger partial charge < -0.3 is 0 Å². The average Bonchev–Trinajstić information content (AvgIpc) is 2.47. The number of sulfonamides is 1. The minimum Gasteiger partial charge on any atom is -0.207 e. The molecule has 20 heavy (non-hydrogen) atoms. The fraction of sp³-hybridized carbons (Fsp3) is 0.125. The van der Waals surface area contributed by atoms with Gasteiger partial charge in [-0.25, -0.2) is 13.1 Å². The minimum atomic E-state index is -3.47. The Hall–Kier alpha value is -1.91. The van der Waals surface area contributed by atoms with Crippen LogP contribution >= 0.6 is 0 Å². The Balaban J connectivity index is 2.05. The van der Waals surface area contributed by atoms with Gasteiger partial charge in [0.25, 0.3) is 0 Å². The summed E-state index contributed by atoms with van der Waals surface area (Å²) in [5.74, 6) is 0. The molecule has 0 aliphatic heterocycles. The zero-order valence-corrected chi connectivity index (χ0v) is 12.0. The van der Waals surface area contributed by atoms with Crippen LogP contribution in [-0.2, 0) is 10.0 Å². The van der Waals surface area contributed by atoms with Gasteiger partial charge in [0.2, 0.25) is 10.0 Å². The molecule has 3 nitrogen and oxygen atoms in total. The van der Waals surface area contributed by atoms with Crippen LogP contribution in [0.3, 0.4) is 0 Å². The van der Waals surface area contributed by atoms with Gasteiger partial charge in [-0.15, -0.1) is 0 Å². The summed E-state index contributed by atoms with van der Waals surface area (Å²) >= 11 is 0. The molecule has 0 radical (unpaired) electrons. The van der Waals surface area contributed by atoms with E-state index in [4.69, 9.17) is 0 Å². The predicted molar refractivity (Wildman–Crippen MR) is 81.7 cm³/mol. The summed E-state index contributed by atoms with van der Waals surface area (Å²) in [5, 5.41) is 0. The Morgan fingerprint density at radius 3 is 2.10 bits per heavy atom. The first-order valence-corrected chi connectivity index (χ1v) is 7.87. The van der Waals surface area contributed by atoms with E-state index >= 15 is 0 Å². The van der Waals surface area contributed by atoms with Crippen molar-refractivity contribution in [3.05, 3.63) is 72.3 Å². The molecular formula is C16H17NO2S. The minimum absolute atomic E-state index is 0.277. The zero-order chi connectivity index (χ0) is 14.4. The first kappa shape index (κ1) is 14.5. The van der Waals surface area contributed by atoms with E-state index in [1.165, 1.54) is 0 Å². The molecule has 1 N–H and O–H groups in total.